The summed E-state index contributed by atoms with van der Waals surface area (Å²) in [6.45, 7) is 3.81. The molecule has 0 aromatic rings. The Kier molecular flexibility index (Phi) is 4.72. The van der Waals surface area contributed by atoms with Crippen LogP contribution in [0.4, 0.5) is 0 Å². The van der Waals surface area contributed by atoms with E-state index >= 15 is 0 Å². The molecular weight excluding hydrogens is 192 g/mol. The van der Waals surface area contributed by atoms with Crippen molar-refractivity contribution in [3.05, 3.63) is 18.4 Å². The normalized spacial score (nSPS) is 24.3. The van der Waals surface area contributed by atoms with Gasteiger partial charge >= 0.3 is 0 Å². The fraction of sp³-hybridized carbons (Fsp3) is 0.812. The molecule has 0 radical (unpaired) electrons. The quantitative estimate of drug-likeness (QED) is 0.578. The van der Waals surface area contributed by atoms with E-state index in [0.29, 0.717) is 0 Å². The molecule has 0 saturated heterocycles. The van der Waals surface area contributed by atoms with E-state index < -0.39 is 0 Å². The summed E-state index contributed by atoms with van der Waals surface area (Å²) < 4.78 is 0. The largest absolute Gasteiger partial charge is 0.133 e. The average molecular weight is 218 g/mol. The van der Waals surface area contributed by atoms with Crippen molar-refractivity contribution in [2.24, 2.45) is 17.8 Å². The molecule has 2 saturated carbocycles. The minimum absolute atomic E-state index is 0.804. The molecular formula is C16H26. The van der Waals surface area contributed by atoms with Crippen molar-refractivity contribution in [2.75, 3.05) is 0 Å². The van der Waals surface area contributed by atoms with Crippen LogP contribution in [0.25, 0.3) is 0 Å². The number of rotatable bonds is 3. The Morgan fingerprint density at radius 1 is 0.812 bits per heavy atom. The van der Waals surface area contributed by atoms with E-state index in [1.807, 2.05) is 0 Å². The maximum Gasteiger partial charge on any atom is -0.0101 e. The van der Waals surface area contributed by atoms with Gasteiger partial charge in [0.05, 0.1) is 0 Å². The van der Waals surface area contributed by atoms with Crippen LogP contribution in [0.3, 0.4) is 0 Å². The molecule has 0 aromatic heterocycles. The van der Waals surface area contributed by atoms with Crippen molar-refractivity contribution in [3.8, 4) is 0 Å². The lowest BCUT2D eigenvalue weighted by Gasteiger charge is -2.35. The minimum atomic E-state index is 0.804. The summed E-state index contributed by atoms with van der Waals surface area (Å²) in [5, 5.41) is 0. The zero-order valence-electron chi connectivity index (χ0n) is 10.6. The number of hydrogen-bond donors (Lipinski definition) is 0. The van der Waals surface area contributed by atoms with Crippen molar-refractivity contribution < 1.29 is 0 Å². The van der Waals surface area contributed by atoms with Gasteiger partial charge in [-0.3, -0.25) is 0 Å². The third-order valence-electron chi connectivity index (χ3n) is 4.70. The first-order valence-corrected chi connectivity index (χ1v) is 7.28. The number of allylic oxidation sites excluding steroid dienone is 1. The van der Waals surface area contributed by atoms with E-state index in [0.717, 1.165) is 17.8 Å². The Balaban J connectivity index is 1.99. The predicted molar refractivity (Wildman–Crippen MR) is 70.4 cm³/mol. The average Bonchev–Trinajstić information content (AvgIpc) is 2.38. The molecule has 2 rings (SSSR count). The van der Waals surface area contributed by atoms with Crippen LogP contribution >= 0.6 is 0 Å². The maximum absolute atomic E-state index is 3.81. The van der Waals surface area contributed by atoms with Gasteiger partial charge in [0.2, 0.25) is 0 Å². The van der Waals surface area contributed by atoms with Gasteiger partial charge in [-0.05, 0) is 49.5 Å². The molecule has 0 bridgehead atoms. The monoisotopic (exact) mass is 218 g/mol. The molecule has 0 unspecified atom stereocenters. The zero-order valence-corrected chi connectivity index (χ0v) is 10.6. The van der Waals surface area contributed by atoms with Gasteiger partial charge in [-0.15, -0.1) is 5.73 Å². The van der Waals surface area contributed by atoms with Gasteiger partial charge in [0.25, 0.3) is 0 Å². The van der Waals surface area contributed by atoms with Crippen molar-refractivity contribution in [2.45, 2.75) is 64.2 Å². The molecule has 2 aliphatic rings. The van der Waals surface area contributed by atoms with Gasteiger partial charge in [-0.2, -0.15) is 0 Å². The lowest BCUT2D eigenvalue weighted by atomic mass is 9.70. The SMILES string of the molecule is C=C=CC(C1CCCCC1)C1CCCCC1. The van der Waals surface area contributed by atoms with E-state index in [2.05, 4.69) is 18.4 Å². The third kappa shape index (κ3) is 3.01. The Bertz CT molecular complexity index is 217. The summed E-state index contributed by atoms with van der Waals surface area (Å²) in [5.74, 6) is 2.70. The highest BCUT2D eigenvalue weighted by molar-refractivity contribution is 4.94. The summed E-state index contributed by atoms with van der Waals surface area (Å²) in [4.78, 5) is 0. The zero-order chi connectivity index (χ0) is 11.2. The van der Waals surface area contributed by atoms with Crippen molar-refractivity contribution >= 4 is 0 Å². The highest BCUT2D eigenvalue weighted by Gasteiger charge is 2.29. The molecule has 0 spiro atoms. The van der Waals surface area contributed by atoms with Crippen LogP contribution in [0.1, 0.15) is 64.2 Å². The second-order valence-corrected chi connectivity index (χ2v) is 5.74. The first-order chi connectivity index (χ1) is 7.92. The molecule has 16 heavy (non-hydrogen) atoms. The van der Waals surface area contributed by atoms with Gasteiger partial charge in [0.1, 0.15) is 0 Å². The van der Waals surface area contributed by atoms with Crippen LogP contribution in [0, 0.1) is 17.8 Å². The van der Waals surface area contributed by atoms with E-state index in [9.17, 15) is 0 Å². The molecule has 0 aliphatic heterocycles. The van der Waals surface area contributed by atoms with Crippen LogP contribution in [-0.4, -0.2) is 0 Å². The molecule has 0 amide bonds. The summed E-state index contributed by atoms with van der Waals surface area (Å²) in [6.07, 6.45) is 16.9. The molecule has 0 heteroatoms. The standard InChI is InChI=1S/C16H26/c1-2-9-16(14-10-5-3-6-11-14)15-12-7-4-8-13-15/h9,14-16H,1,3-8,10-13H2. The molecule has 0 heterocycles. The van der Waals surface area contributed by atoms with E-state index in [-0.39, 0.29) is 0 Å². The second-order valence-electron chi connectivity index (χ2n) is 5.74. The smallest absolute Gasteiger partial charge is 0.0101 e. The van der Waals surface area contributed by atoms with Crippen molar-refractivity contribution in [1.29, 1.82) is 0 Å². The Labute approximate surface area is 101 Å². The van der Waals surface area contributed by atoms with Crippen LogP contribution in [-0.2, 0) is 0 Å². The van der Waals surface area contributed by atoms with Crippen molar-refractivity contribution in [3.63, 3.8) is 0 Å². The second kappa shape index (κ2) is 6.30. The summed E-state index contributed by atoms with van der Waals surface area (Å²) in [7, 11) is 0. The third-order valence-corrected chi connectivity index (χ3v) is 4.70. The van der Waals surface area contributed by atoms with Crippen LogP contribution < -0.4 is 0 Å². The van der Waals surface area contributed by atoms with Crippen LogP contribution in [0.2, 0.25) is 0 Å². The van der Waals surface area contributed by atoms with Crippen molar-refractivity contribution in [1.82, 2.24) is 0 Å². The molecule has 2 fully saturated rings. The topological polar surface area (TPSA) is 0 Å². The molecule has 0 aromatic carbocycles. The minimum Gasteiger partial charge on any atom is -0.133 e. The van der Waals surface area contributed by atoms with Gasteiger partial charge in [0, 0.05) is 0 Å². The van der Waals surface area contributed by atoms with Gasteiger partial charge in [0.15, 0.2) is 0 Å². The molecule has 90 valence electrons. The van der Waals surface area contributed by atoms with E-state index in [1.165, 1.54) is 64.2 Å². The highest BCUT2D eigenvalue weighted by Crippen LogP contribution is 2.40. The highest BCUT2D eigenvalue weighted by atomic mass is 14.3. The predicted octanol–water partition coefficient (Wildman–Crippen LogP) is 5.10. The first-order valence-electron chi connectivity index (χ1n) is 7.28. The fourth-order valence-electron chi connectivity index (χ4n) is 3.83. The molecule has 0 N–H and O–H groups in total. The lowest BCUT2D eigenvalue weighted by molar-refractivity contribution is 0.182. The lowest BCUT2D eigenvalue weighted by Crippen LogP contribution is -2.25. The summed E-state index contributed by atoms with van der Waals surface area (Å²) in [5.41, 5.74) is 3.09. The fourth-order valence-corrected chi connectivity index (χ4v) is 3.83. The maximum atomic E-state index is 3.81. The summed E-state index contributed by atoms with van der Waals surface area (Å²) >= 11 is 0. The first kappa shape index (κ1) is 12.0. The Morgan fingerprint density at radius 3 is 1.62 bits per heavy atom. The molecule has 0 atom stereocenters. The van der Waals surface area contributed by atoms with Gasteiger partial charge < -0.3 is 0 Å². The van der Waals surface area contributed by atoms with Gasteiger partial charge in [-0.1, -0.05) is 45.1 Å². The Morgan fingerprint density at radius 2 is 1.25 bits per heavy atom. The van der Waals surface area contributed by atoms with E-state index in [4.69, 9.17) is 0 Å². The molecule has 0 nitrogen and oxygen atoms in total. The Hall–Kier alpha value is -0.480. The molecule has 2 aliphatic carbocycles. The summed E-state index contributed by atoms with van der Waals surface area (Å²) in [6, 6.07) is 0. The van der Waals surface area contributed by atoms with E-state index in [1.54, 1.807) is 0 Å². The van der Waals surface area contributed by atoms with Gasteiger partial charge in [-0.25, -0.2) is 0 Å². The van der Waals surface area contributed by atoms with Crippen LogP contribution in [0.15, 0.2) is 18.4 Å². The van der Waals surface area contributed by atoms with Crippen LogP contribution in [0.5, 0.6) is 0 Å². The number of hydrogen-bond acceptors (Lipinski definition) is 0.